The summed E-state index contributed by atoms with van der Waals surface area (Å²) in [5.74, 6) is 0.901. The van der Waals surface area contributed by atoms with E-state index in [1.807, 2.05) is 30.3 Å². The Morgan fingerprint density at radius 3 is 2.61 bits per heavy atom. The molecule has 0 saturated carbocycles. The van der Waals surface area contributed by atoms with Gasteiger partial charge in [0.25, 0.3) is 5.69 Å². The lowest BCUT2D eigenvalue weighted by atomic mass is 10.1. The second-order valence-electron chi connectivity index (χ2n) is 6.52. The number of aryl methyl sites for hydroxylation is 1. The number of hydrogen-bond acceptors (Lipinski definition) is 7. The number of hydrogen-bond donors (Lipinski definition) is 1. The third-order valence-corrected chi connectivity index (χ3v) is 5.42. The summed E-state index contributed by atoms with van der Waals surface area (Å²) in [6, 6.07) is 19.1. The first-order valence-corrected chi connectivity index (χ1v) is 10.2. The van der Waals surface area contributed by atoms with Gasteiger partial charge in [-0.25, -0.2) is 4.68 Å². The molecule has 31 heavy (non-hydrogen) atoms. The molecule has 0 atom stereocenters. The van der Waals surface area contributed by atoms with Gasteiger partial charge in [0, 0.05) is 11.8 Å². The molecule has 0 unspecified atom stereocenters. The molecular formula is C21H17N5O4S. The minimum Gasteiger partial charge on any atom is -0.451 e. The zero-order chi connectivity index (χ0) is 21.8. The molecule has 1 amide bonds. The second-order valence-corrected chi connectivity index (χ2v) is 7.46. The molecule has 0 fully saturated rings. The standard InChI is InChI=1S/C21H17N5O4S/c1-14-22-23-21(31-13-15-7-3-2-4-8-15)25(14)24-20(27)19-12-11-18(30-19)16-9-5-6-10-17(16)26(28)29/h2-12H,13H2,1H3,(H,24,27). The van der Waals surface area contributed by atoms with Crippen LogP contribution in [0.25, 0.3) is 11.3 Å². The van der Waals surface area contributed by atoms with Crippen LogP contribution in [-0.4, -0.2) is 25.7 Å². The maximum Gasteiger partial charge on any atom is 0.305 e. The molecule has 4 aromatic rings. The Morgan fingerprint density at radius 2 is 1.84 bits per heavy atom. The van der Waals surface area contributed by atoms with Crippen molar-refractivity contribution in [3.63, 3.8) is 0 Å². The number of para-hydroxylation sites is 1. The SMILES string of the molecule is Cc1nnc(SCc2ccccc2)n1NC(=O)c1ccc(-c2ccccc2[N+](=O)[O-])o1. The largest absolute Gasteiger partial charge is 0.451 e. The van der Waals surface area contributed by atoms with Gasteiger partial charge in [-0.05, 0) is 30.7 Å². The molecule has 0 bridgehead atoms. The highest BCUT2D eigenvalue weighted by Crippen LogP contribution is 2.31. The Bertz CT molecular complexity index is 1240. The van der Waals surface area contributed by atoms with Gasteiger partial charge in [0.05, 0.1) is 10.5 Å². The molecule has 2 aromatic carbocycles. The van der Waals surface area contributed by atoms with Crippen LogP contribution in [0.1, 0.15) is 21.9 Å². The van der Waals surface area contributed by atoms with Gasteiger partial charge in [-0.3, -0.25) is 20.3 Å². The molecule has 1 N–H and O–H groups in total. The third-order valence-electron chi connectivity index (χ3n) is 4.42. The highest BCUT2D eigenvalue weighted by atomic mass is 32.2. The predicted octanol–water partition coefficient (Wildman–Crippen LogP) is 4.43. The molecule has 2 aromatic heterocycles. The number of nitro benzene ring substituents is 1. The molecule has 4 rings (SSSR count). The maximum absolute atomic E-state index is 12.7. The van der Waals surface area contributed by atoms with Gasteiger partial charge in [0.1, 0.15) is 11.6 Å². The summed E-state index contributed by atoms with van der Waals surface area (Å²) in [5.41, 5.74) is 4.03. The number of rotatable bonds is 7. The first-order chi connectivity index (χ1) is 15.0. The molecule has 0 aliphatic heterocycles. The van der Waals surface area contributed by atoms with Gasteiger partial charge >= 0.3 is 5.91 Å². The summed E-state index contributed by atoms with van der Waals surface area (Å²) >= 11 is 1.43. The topological polar surface area (TPSA) is 116 Å². The van der Waals surface area contributed by atoms with E-state index in [2.05, 4.69) is 15.6 Å². The fraction of sp³-hybridized carbons (Fsp3) is 0.0952. The van der Waals surface area contributed by atoms with Crippen molar-refractivity contribution in [2.24, 2.45) is 0 Å². The smallest absolute Gasteiger partial charge is 0.305 e. The molecule has 10 heteroatoms. The summed E-state index contributed by atoms with van der Waals surface area (Å²) < 4.78 is 7.09. The number of thioether (sulfide) groups is 1. The Hall–Kier alpha value is -3.92. The van der Waals surface area contributed by atoms with Crippen LogP contribution in [0.3, 0.4) is 0 Å². The minimum absolute atomic E-state index is 0.0141. The molecule has 0 saturated heterocycles. The van der Waals surface area contributed by atoms with Crippen molar-refractivity contribution in [3.8, 4) is 11.3 Å². The quantitative estimate of drug-likeness (QED) is 0.259. The summed E-state index contributed by atoms with van der Waals surface area (Å²) in [5, 5.41) is 19.9. The zero-order valence-corrected chi connectivity index (χ0v) is 17.2. The fourth-order valence-electron chi connectivity index (χ4n) is 2.89. The molecule has 0 radical (unpaired) electrons. The lowest BCUT2D eigenvalue weighted by Gasteiger charge is -2.09. The van der Waals surface area contributed by atoms with E-state index in [-0.39, 0.29) is 17.2 Å². The lowest BCUT2D eigenvalue weighted by molar-refractivity contribution is -0.384. The van der Waals surface area contributed by atoms with Crippen LogP contribution in [0.15, 0.2) is 76.3 Å². The van der Waals surface area contributed by atoms with Crippen LogP contribution < -0.4 is 5.43 Å². The second kappa shape index (κ2) is 8.84. The average Bonchev–Trinajstić information content (AvgIpc) is 3.41. The Kier molecular flexibility index (Phi) is 5.80. The van der Waals surface area contributed by atoms with Crippen LogP contribution in [0.4, 0.5) is 5.69 Å². The fourth-order valence-corrected chi connectivity index (χ4v) is 3.78. The number of benzene rings is 2. The van der Waals surface area contributed by atoms with Crippen LogP contribution in [-0.2, 0) is 5.75 Å². The van der Waals surface area contributed by atoms with E-state index in [1.54, 1.807) is 25.1 Å². The van der Waals surface area contributed by atoms with E-state index < -0.39 is 10.8 Å². The van der Waals surface area contributed by atoms with Crippen LogP contribution in [0, 0.1) is 17.0 Å². The van der Waals surface area contributed by atoms with E-state index in [1.165, 1.54) is 34.6 Å². The first-order valence-electron chi connectivity index (χ1n) is 9.26. The number of nitrogens with zero attached hydrogens (tertiary/aromatic N) is 4. The summed E-state index contributed by atoms with van der Waals surface area (Å²) in [6.45, 7) is 1.72. The summed E-state index contributed by atoms with van der Waals surface area (Å²) in [4.78, 5) is 23.5. The number of aromatic nitrogens is 3. The van der Waals surface area contributed by atoms with E-state index in [0.29, 0.717) is 22.3 Å². The molecule has 9 nitrogen and oxygen atoms in total. The Labute approximate surface area is 181 Å². The predicted molar refractivity (Wildman–Crippen MR) is 115 cm³/mol. The van der Waals surface area contributed by atoms with Gasteiger partial charge in [0.2, 0.25) is 5.16 Å². The molecular weight excluding hydrogens is 418 g/mol. The van der Waals surface area contributed by atoms with Gasteiger partial charge in [-0.1, -0.05) is 54.2 Å². The molecule has 0 spiro atoms. The van der Waals surface area contributed by atoms with Gasteiger partial charge in [-0.2, -0.15) is 0 Å². The van der Waals surface area contributed by atoms with Gasteiger partial charge in [-0.15, -0.1) is 10.2 Å². The minimum atomic E-state index is -0.519. The monoisotopic (exact) mass is 435 g/mol. The van der Waals surface area contributed by atoms with Crippen molar-refractivity contribution in [3.05, 3.63) is 94.0 Å². The van der Waals surface area contributed by atoms with Crippen molar-refractivity contribution in [1.29, 1.82) is 0 Å². The Balaban J connectivity index is 1.51. The van der Waals surface area contributed by atoms with E-state index in [9.17, 15) is 14.9 Å². The van der Waals surface area contributed by atoms with Crippen molar-refractivity contribution in [2.75, 3.05) is 5.43 Å². The normalized spacial score (nSPS) is 10.7. The van der Waals surface area contributed by atoms with Gasteiger partial charge < -0.3 is 4.42 Å². The van der Waals surface area contributed by atoms with Crippen molar-refractivity contribution in [1.82, 2.24) is 14.9 Å². The van der Waals surface area contributed by atoms with Crippen molar-refractivity contribution >= 4 is 23.4 Å². The average molecular weight is 435 g/mol. The summed E-state index contributed by atoms with van der Waals surface area (Å²) in [7, 11) is 0. The van der Waals surface area contributed by atoms with Crippen LogP contribution >= 0.6 is 11.8 Å². The highest BCUT2D eigenvalue weighted by molar-refractivity contribution is 7.98. The van der Waals surface area contributed by atoms with E-state index >= 15 is 0 Å². The number of furan rings is 1. The van der Waals surface area contributed by atoms with Crippen molar-refractivity contribution < 1.29 is 14.1 Å². The lowest BCUT2D eigenvalue weighted by Crippen LogP contribution is -2.24. The summed E-state index contributed by atoms with van der Waals surface area (Å²) in [6.07, 6.45) is 0. The molecule has 0 aliphatic rings. The van der Waals surface area contributed by atoms with Crippen LogP contribution in [0.2, 0.25) is 0 Å². The molecule has 156 valence electrons. The molecule has 2 heterocycles. The number of carbonyl (C=O) groups excluding carboxylic acids is 1. The van der Waals surface area contributed by atoms with E-state index in [0.717, 1.165) is 5.56 Å². The number of nitrogens with one attached hydrogen (secondary N) is 1. The maximum atomic E-state index is 12.7. The Morgan fingerprint density at radius 1 is 1.10 bits per heavy atom. The molecule has 0 aliphatic carbocycles. The highest BCUT2D eigenvalue weighted by Gasteiger charge is 2.20. The van der Waals surface area contributed by atoms with Gasteiger partial charge in [0.15, 0.2) is 5.76 Å². The third kappa shape index (κ3) is 4.48. The number of amides is 1. The number of carbonyl (C=O) groups is 1. The zero-order valence-electron chi connectivity index (χ0n) is 16.4. The van der Waals surface area contributed by atoms with E-state index in [4.69, 9.17) is 4.42 Å². The van der Waals surface area contributed by atoms with Crippen molar-refractivity contribution in [2.45, 2.75) is 17.8 Å². The van der Waals surface area contributed by atoms with Crippen LogP contribution in [0.5, 0.6) is 0 Å². The number of nitro groups is 1. The first kappa shape index (κ1) is 20.4.